The first-order valence-electron chi connectivity index (χ1n) is 8.67. The van der Waals surface area contributed by atoms with Crippen molar-refractivity contribution >= 4 is 23.2 Å². The molecule has 1 aliphatic heterocycles. The lowest BCUT2D eigenvalue weighted by Crippen LogP contribution is -2.43. The lowest BCUT2D eigenvalue weighted by atomic mass is 10.1. The smallest absolute Gasteiger partial charge is 0.258 e. The average molecular weight is 353 g/mol. The highest BCUT2D eigenvalue weighted by Crippen LogP contribution is 2.17. The van der Waals surface area contributed by atoms with Crippen LogP contribution in [0.5, 0.6) is 0 Å². The summed E-state index contributed by atoms with van der Waals surface area (Å²) in [5, 5.41) is 6.11. The molecular formula is C20H23N3O3. The molecule has 3 rings (SSSR count). The van der Waals surface area contributed by atoms with E-state index in [0.29, 0.717) is 30.9 Å². The molecule has 6 nitrogen and oxygen atoms in total. The summed E-state index contributed by atoms with van der Waals surface area (Å²) in [6.45, 7) is 1.97. The molecule has 136 valence electrons. The molecule has 0 bridgehead atoms. The Bertz CT molecular complexity index is 758. The summed E-state index contributed by atoms with van der Waals surface area (Å²) in [5.74, 6) is -0.233. The van der Waals surface area contributed by atoms with Crippen LogP contribution in [-0.2, 0) is 9.53 Å². The van der Waals surface area contributed by atoms with Gasteiger partial charge >= 0.3 is 0 Å². The molecule has 1 atom stereocenters. The third-order valence-electron chi connectivity index (χ3n) is 4.27. The van der Waals surface area contributed by atoms with Gasteiger partial charge in [0, 0.05) is 43.0 Å². The maximum absolute atomic E-state index is 12.7. The zero-order valence-corrected chi connectivity index (χ0v) is 14.8. The summed E-state index contributed by atoms with van der Waals surface area (Å²) in [7, 11) is 1.73. The van der Waals surface area contributed by atoms with E-state index in [1.54, 1.807) is 36.2 Å². The van der Waals surface area contributed by atoms with E-state index >= 15 is 0 Å². The van der Waals surface area contributed by atoms with Crippen LogP contribution in [0.4, 0.5) is 11.4 Å². The van der Waals surface area contributed by atoms with E-state index in [4.69, 9.17) is 4.74 Å². The third-order valence-corrected chi connectivity index (χ3v) is 4.27. The Balaban J connectivity index is 1.64. The van der Waals surface area contributed by atoms with Crippen LogP contribution in [0.25, 0.3) is 0 Å². The predicted molar refractivity (Wildman–Crippen MR) is 101 cm³/mol. The van der Waals surface area contributed by atoms with Crippen LogP contribution >= 0.6 is 0 Å². The van der Waals surface area contributed by atoms with E-state index in [9.17, 15) is 9.59 Å². The van der Waals surface area contributed by atoms with E-state index < -0.39 is 0 Å². The number of rotatable bonds is 5. The number of amides is 2. The molecule has 0 aliphatic carbocycles. The van der Waals surface area contributed by atoms with Crippen molar-refractivity contribution in [2.24, 2.45) is 0 Å². The molecule has 0 spiro atoms. The summed E-state index contributed by atoms with van der Waals surface area (Å²) in [4.78, 5) is 26.5. The van der Waals surface area contributed by atoms with Crippen molar-refractivity contribution in [3.8, 4) is 0 Å². The van der Waals surface area contributed by atoms with Crippen molar-refractivity contribution in [3.05, 3.63) is 60.2 Å². The van der Waals surface area contributed by atoms with E-state index in [-0.39, 0.29) is 17.9 Å². The first kappa shape index (κ1) is 18.1. The largest absolute Gasteiger partial charge is 0.378 e. The first-order chi connectivity index (χ1) is 12.6. The minimum Gasteiger partial charge on any atom is -0.378 e. The number of nitrogens with zero attached hydrogens (tertiary/aromatic N) is 1. The predicted octanol–water partition coefficient (Wildman–Crippen LogP) is 2.28. The van der Waals surface area contributed by atoms with Gasteiger partial charge in [0.2, 0.25) is 5.91 Å². The molecule has 6 heteroatoms. The van der Waals surface area contributed by atoms with Crippen LogP contribution in [0.1, 0.15) is 16.8 Å². The van der Waals surface area contributed by atoms with Gasteiger partial charge in [-0.25, -0.2) is 0 Å². The van der Waals surface area contributed by atoms with Crippen molar-refractivity contribution in [2.75, 3.05) is 37.0 Å². The molecule has 2 amide bonds. The van der Waals surface area contributed by atoms with Crippen molar-refractivity contribution in [2.45, 2.75) is 12.5 Å². The monoisotopic (exact) mass is 353 g/mol. The quantitative estimate of drug-likeness (QED) is 0.865. The highest BCUT2D eigenvalue weighted by molar-refractivity contribution is 6.06. The van der Waals surface area contributed by atoms with Gasteiger partial charge in [-0.05, 0) is 30.3 Å². The Kier molecular flexibility index (Phi) is 5.99. The SMILES string of the molecule is CN(C(=O)c1cccc(NC(=O)CC2COCCN2)c1)c1ccccc1. The fraction of sp³-hybridized carbons (Fsp3) is 0.300. The zero-order chi connectivity index (χ0) is 18.4. The van der Waals surface area contributed by atoms with Crippen LogP contribution in [-0.4, -0.2) is 44.7 Å². The van der Waals surface area contributed by atoms with Crippen LogP contribution in [0.2, 0.25) is 0 Å². The number of ether oxygens (including phenoxy) is 1. The number of benzene rings is 2. The van der Waals surface area contributed by atoms with Crippen LogP contribution in [0.3, 0.4) is 0 Å². The van der Waals surface area contributed by atoms with Crippen molar-refractivity contribution in [1.82, 2.24) is 5.32 Å². The van der Waals surface area contributed by atoms with Gasteiger partial charge in [-0.3, -0.25) is 9.59 Å². The Morgan fingerprint density at radius 3 is 2.73 bits per heavy atom. The number of anilines is 2. The second kappa shape index (κ2) is 8.60. The Labute approximate surface area is 153 Å². The van der Waals surface area contributed by atoms with Gasteiger partial charge in [0.1, 0.15) is 0 Å². The second-order valence-corrected chi connectivity index (χ2v) is 6.26. The molecule has 1 fully saturated rings. The van der Waals surface area contributed by atoms with Crippen molar-refractivity contribution in [3.63, 3.8) is 0 Å². The summed E-state index contributed by atoms with van der Waals surface area (Å²) in [5.41, 5.74) is 1.95. The van der Waals surface area contributed by atoms with E-state index in [0.717, 1.165) is 12.2 Å². The molecular weight excluding hydrogens is 330 g/mol. The van der Waals surface area contributed by atoms with Gasteiger partial charge in [-0.1, -0.05) is 24.3 Å². The number of morpholine rings is 1. The lowest BCUT2D eigenvalue weighted by Gasteiger charge is -2.23. The highest BCUT2D eigenvalue weighted by atomic mass is 16.5. The molecule has 26 heavy (non-hydrogen) atoms. The summed E-state index contributed by atoms with van der Waals surface area (Å²) < 4.78 is 5.36. The van der Waals surface area contributed by atoms with Gasteiger partial charge < -0.3 is 20.3 Å². The van der Waals surface area contributed by atoms with Gasteiger partial charge in [0.15, 0.2) is 0 Å². The minimum absolute atomic E-state index is 0.0257. The molecule has 0 saturated carbocycles. The molecule has 0 radical (unpaired) electrons. The van der Waals surface area contributed by atoms with Crippen molar-refractivity contribution < 1.29 is 14.3 Å². The molecule has 2 aromatic carbocycles. The maximum atomic E-state index is 12.7. The highest BCUT2D eigenvalue weighted by Gasteiger charge is 2.18. The fourth-order valence-corrected chi connectivity index (χ4v) is 2.88. The van der Waals surface area contributed by atoms with Gasteiger partial charge in [-0.15, -0.1) is 0 Å². The lowest BCUT2D eigenvalue weighted by molar-refractivity contribution is -0.117. The molecule has 1 aliphatic rings. The Hall–Kier alpha value is -2.70. The number of hydrogen-bond acceptors (Lipinski definition) is 4. The Morgan fingerprint density at radius 2 is 2.00 bits per heavy atom. The standard InChI is InChI=1S/C20H23N3O3/c1-23(18-8-3-2-4-9-18)20(25)15-6-5-7-16(12-15)22-19(24)13-17-14-26-11-10-21-17/h2-9,12,17,21H,10-11,13-14H2,1H3,(H,22,24). The van der Waals surface area contributed by atoms with Gasteiger partial charge in [0.05, 0.1) is 13.2 Å². The normalized spacial score (nSPS) is 16.7. The zero-order valence-electron chi connectivity index (χ0n) is 14.8. The molecule has 2 N–H and O–H groups in total. The Morgan fingerprint density at radius 1 is 1.19 bits per heavy atom. The minimum atomic E-state index is -0.130. The number of para-hydroxylation sites is 1. The molecule has 2 aromatic rings. The van der Waals surface area contributed by atoms with E-state index in [1.807, 2.05) is 30.3 Å². The molecule has 1 heterocycles. The number of hydrogen-bond donors (Lipinski definition) is 2. The third kappa shape index (κ3) is 4.68. The second-order valence-electron chi connectivity index (χ2n) is 6.26. The van der Waals surface area contributed by atoms with Crippen LogP contribution in [0.15, 0.2) is 54.6 Å². The van der Waals surface area contributed by atoms with E-state index in [2.05, 4.69) is 10.6 Å². The van der Waals surface area contributed by atoms with Gasteiger partial charge in [-0.2, -0.15) is 0 Å². The van der Waals surface area contributed by atoms with E-state index in [1.165, 1.54) is 0 Å². The van der Waals surface area contributed by atoms with Crippen molar-refractivity contribution in [1.29, 1.82) is 0 Å². The topological polar surface area (TPSA) is 70.7 Å². The number of carbonyl (C=O) groups excluding carboxylic acids is 2. The van der Waals surface area contributed by atoms with Gasteiger partial charge in [0.25, 0.3) is 5.91 Å². The van der Waals surface area contributed by atoms with Crippen LogP contribution in [0, 0.1) is 0 Å². The van der Waals surface area contributed by atoms with Crippen LogP contribution < -0.4 is 15.5 Å². The maximum Gasteiger partial charge on any atom is 0.258 e. The molecule has 0 aromatic heterocycles. The summed E-state index contributed by atoms with van der Waals surface area (Å²) >= 11 is 0. The first-order valence-corrected chi connectivity index (χ1v) is 8.67. The number of nitrogens with one attached hydrogen (secondary N) is 2. The average Bonchev–Trinajstić information content (AvgIpc) is 2.68. The summed E-state index contributed by atoms with van der Waals surface area (Å²) in [6.07, 6.45) is 0.335. The molecule has 1 saturated heterocycles. The number of carbonyl (C=O) groups is 2. The fourth-order valence-electron chi connectivity index (χ4n) is 2.88. The summed E-state index contributed by atoms with van der Waals surface area (Å²) in [6, 6.07) is 16.5. The molecule has 1 unspecified atom stereocenters.